The van der Waals surface area contributed by atoms with E-state index in [4.69, 9.17) is 4.74 Å². The highest BCUT2D eigenvalue weighted by molar-refractivity contribution is 5.74. The molecule has 1 aromatic carbocycles. The Morgan fingerprint density at radius 1 is 1.23 bits per heavy atom. The Balaban J connectivity index is 1.85. The molecule has 0 spiro atoms. The SMILES string of the molecule is Cc1ccc(OC[C@H](O)Cn2c(NCCC(C)C)nc3c2c(=O)[nH]c(=O)n3C)cc1C. The zero-order chi connectivity index (χ0) is 22.7. The largest absolute Gasteiger partial charge is 0.491 e. The summed E-state index contributed by atoms with van der Waals surface area (Å²) in [6.07, 6.45) is 0.0259. The molecule has 3 rings (SSSR count). The summed E-state index contributed by atoms with van der Waals surface area (Å²) in [6, 6.07) is 5.76. The minimum absolute atomic E-state index is 0.0529. The number of anilines is 1. The summed E-state index contributed by atoms with van der Waals surface area (Å²) < 4.78 is 8.65. The Bertz CT molecular complexity index is 1180. The Morgan fingerprint density at radius 3 is 2.65 bits per heavy atom. The second-order valence-electron chi connectivity index (χ2n) is 8.36. The van der Waals surface area contributed by atoms with E-state index in [-0.39, 0.29) is 24.3 Å². The molecule has 0 saturated carbocycles. The zero-order valence-corrected chi connectivity index (χ0v) is 18.7. The molecule has 0 aliphatic heterocycles. The van der Waals surface area contributed by atoms with Crippen LogP contribution in [0, 0.1) is 19.8 Å². The van der Waals surface area contributed by atoms with Gasteiger partial charge in [0.15, 0.2) is 11.2 Å². The Hall–Kier alpha value is -3.07. The average Bonchev–Trinajstić information content (AvgIpc) is 3.05. The molecule has 3 aromatic rings. The number of rotatable bonds is 9. The second kappa shape index (κ2) is 9.38. The van der Waals surface area contributed by atoms with Gasteiger partial charge in [-0.3, -0.25) is 14.3 Å². The van der Waals surface area contributed by atoms with Crippen LogP contribution in [-0.4, -0.2) is 43.5 Å². The van der Waals surface area contributed by atoms with E-state index in [1.807, 2.05) is 32.0 Å². The monoisotopic (exact) mass is 429 g/mol. The summed E-state index contributed by atoms with van der Waals surface area (Å²) in [7, 11) is 1.55. The maximum absolute atomic E-state index is 12.5. The van der Waals surface area contributed by atoms with Crippen molar-refractivity contribution >= 4 is 17.1 Å². The van der Waals surface area contributed by atoms with E-state index in [2.05, 4.69) is 29.1 Å². The van der Waals surface area contributed by atoms with Crippen LogP contribution in [0.3, 0.4) is 0 Å². The second-order valence-corrected chi connectivity index (χ2v) is 8.36. The molecule has 2 heterocycles. The summed E-state index contributed by atoms with van der Waals surface area (Å²) >= 11 is 0. The van der Waals surface area contributed by atoms with Gasteiger partial charge in [-0.15, -0.1) is 0 Å². The summed E-state index contributed by atoms with van der Waals surface area (Å²) in [5.41, 5.74) is 1.71. The molecule has 31 heavy (non-hydrogen) atoms. The predicted molar refractivity (Wildman–Crippen MR) is 121 cm³/mol. The van der Waals surface area contributed by atoms with Gasteiger partial charge >= 0.3 is 5.69 Å². The molecule has 1 atom stereocenters. The lowest BCUT2D eigenvalue weighted by Gasteiger charge is -2.16. The van der Waals surface area contributed by atoms with E-state index >= 15 is 0 Å². The van der Waals surface area contributed by atoms with E-state index in [9.17, 15) is 14.7 Å². The van der Waals surface area contributed by atoms with Crippen LogP contribution in [0.25, 0.3) is 11.2 Å². The van der Waals surface area contributed by atoms with Crippen LogP contribution >= 0.6 is 0 Å². The molecule has 0 aliphatic rings. The molecule has 9 nitrogen and oxygen atoms in total. The number of fused-ring (bicyclic) bond motifs is 1. The molecule has 3 N–H and O–H groups in total. The maximum atomic E-state index is 12.5. The maximum Gasteiger partial charge on any atom is 0.329 e. The number of aryl methyl sites for hydroxylation is 3. The fourth-order valence-corrected chi connectivity index (χ4v) is 3.28. The highest BCUT2D eigenvalue weighted by Crippen LogP contribution is 2.19. The first-order valence-corrected chi connectivity index (χ1v) is 10.5. The molecule has 0 bridgehead atoms. The third-order valence-electron chi connectivity index (χ3n) is 5.33. The number of aromatic amines is 1. The molecule has 0 radical (unpaired) electrons. The first-order valence-electron chi connectivity index (χ1n) is 10.5. The molecule has 0 unspecified atom stereocenters. The summed E-state index contributed by atoms with van der Waals surface area (Å²) in [6.45, 7) is 9.06. The Morgan fingerprint density at radius 2 is 1.97 bits per heavy atom. The van der Waals surface area contributed by atoms with Crippen molar-refractivity contribution in [3.8, 4) is 5.75 Å². The third-order valence-corrected chi connectivity index (χ3v) is 5.33. The number of H-pyrrole nitrogens is 1. The van der Waals surface area contributed by atoms with Gasteiger partial charge in [0.25, 0.3) is 5.56 Å². The molecule has 0 aliphatic carbocycles. The smallest absolute Gasteiger partial charge is 0.329 e. The van der Waals surface area contributed by atoms with E-state index in [1.54, 1.807) is 11.6 Å². The summed E-state index contributed by atoms with van der Waals surface area (Å²) in [5, 5.41) is 13.9. The van der Waals surface area contributed by atoms with Crippen molar-refractivity contribution < 1.29 is 9.84 Å². The molecule has 2 aromatic heterocycles. The van der Waals surface area contributed by atoms with Gasteiger partial charge in [0.2, 0.25) is 5.95 Å². The quantitative estimate of drug-likeness (QED) is 0.479. The van der Waals surface area contributed by atoms with Crippen molar-refractivity contribution in [1.82, 2.24) is 19.1 Å². The number of nitrogens with zero attached hydrogens (tertiary/aromatic N) is 3. The molecular formula is C22H31N5O4. The Kier molecular flexibility index (Phi) is 6.84. The lowest BCUT2D eigenvalue weighted by Crippen LogP contribution is -2.31. The lowest BCUT2D eigenvalue weighted by atomic mass is 10.1. The first-order chi connectivity index (χ1) is 14.7. The summed E-state index contributed by atoms with van der Waals surface area (Å²) in [5.74, 6) is 1.61. The minimum atomic E-state index is -0.888. The van der Waals surface area contributed by atoms with E-state index < -0.39 is 17.4 Å². The standard InChI is InChI=1S/C22H31N5O4/c1-13(2)8-9-23-21-24-19-18(20(29)25-22(30)26(19)5)27(21)11-16(28)12-31-17-7-6-14(3)15(4)10-17/h6-7,10,13,16,28H,8-9,11-12H2,1-5H3,(H,23,24)(H,25,29,30)/t16-/m1/s1. The molecular weight excluding hydrogens is 398 g/mol. The van der Waals surface area contributed by atoms with Crippen molar-refractivity contribution in [2.24, 2.45) is 13.0 Å². The topological polar surface area (TPSA) is 114 Å². The fourth-order valence-electron chi connectivity index (χ4n) is 3.28. The van der Waals surface area contributed by atoms with Gasteiger partial charge in [0, 0.05) is 13.6 Å². The van der Waals surface area contributed by atoms with Crippen LogP contribution < -0.4 is 21.3 Å². The van der Waals surface area contributed by atoms with Crippen molar-refractivity contribution in [2.75, 3.05) is 18.5 Å². The number of nitrogens with one attached hydrogen (secondary N) is 2. The van der Waals surface area contributed by atoms with Crippen molar-refractivity contribution in [3.05, 3.63) is 50.2 Å². The van der Waals surface area contributed by atoms with Crippen LogP contribution in [0.1, 0.15) is 31.4 Å². The van der Waals surface area contributed by atoms with Crippen LogP contribution in [0.2, 0.25) is 0 Å². The van der Waals surface area contributed by atoms with Crippen LogP contribution in [0.5, 0.6) is 5.75 Å². The average molecular weight is 430 g/mol. The predicted octanol–water partition coefficient (Wildman–Crippen LogP) is 1.94. The number of benzene rings is 1. The van der Waals surface area contributed by atoms with E-state index in [0.29, 0.717) is 24.2 Å². The number of hydrogen-bond acceptors (Lipinski definition) is 6. The normalized spacial score (nSPS) is 12.5. The van der Waals surface area contributed by atoms with Crippen molar-refractivity contribution in [2.45, 2.75) is 46.8 Å². The molecule has 0 amide bonds. The summed E-state index contributed by atoms with van der Waals surface area (Å²) in [4.78, 5) is 31.3. The number of hydrogen-bond donors (Lipinski definition) is 3. The molecule has 0 fully saturated rings. The van der Waals surface area contributed by atoms with E-state index in [0.717, 1.165) is 12.0 Å². The highest BCUT2D eigenvalue weighted by Gasteiger charge is 2.20. The molecule has 0 saturated heterocycles. The van der Waals surface area contributed by atoms with Gasteiger partial charge in [-0.25, -0.2) is 4.79 Å². The molecule has 9 heteroatoms. The van der Waals surface area contributed by atoms with Crippen LogP contribution in [0.4, 0.5) is 5.95 Å². The van der Waals surface area contributed by atoms with E-state index in [1.165, 1.54) is 10.1 Å². The van der Waals surface area contributed by atoms with Gasteiger partial charge < -0.3 is 19.7 Å². The van der Waals surface area contributed by atoms with Gasteiger partial charge in [-0.05, 0) is 49.4 Å². The van der Waals surface area contributed by atoms with Crippen molar-refractivity contribution in [3.63, 3.8) is 0 Å². The lowest BCUT2D eigenvalue weighted by molar-refractivity contribution is 0.0938. The van der Waals surface area contributed by atoms with Gasteiger partial charge in [-0.2, -0.15) is 4.98 Å². The fraction of sp³-hybridized carbons (Fsp3) is 0.500. The van der Waals surface area contributed by atoms with Crippen molar-refractivity contribution in [1.29, 1.82) is 0 Å². The van der Waals surface area contributed by atoms with Crippen LogP contribution in [0.15, 0.2) is 27.8 Å². The Labute approximate surface area is 180 Å². The number of aliphatic hydroxyl groups is 1. The van der Waals surface area contributed by atoms with Gasteiger partial charge in [-0.1, -0.05) is 19.9 Å². The van der Waals surface area contributed by atoms with Gasteiger partial charge in [0.05, 0.1) is 6.54 Å². The number of imidazole rings is 1. The number of aliphatic hydroxyl groups excluding tert-OH is 1. The third kappa shape index (κ3) is 5.16. The minimum Gasteiger partial charge on any atom is -0.491 e. The number of aromatic nitrogens is 4. The van der Waals surface area contributed by atoms with Gasteiger partial charge in [0.1, 0.15) is 18.5 Å². The highest BCUT2D eigenvalue weighted by atomic mass is 16.5. The van der Waals surface area contributed by atoms with Crippen LogP contribution in [-0.2, 0) is 13.6 Å². The number of ether oxygens (including phenoxy) is 1. The molecule has 168 valence electrons. The zero-order valence-electron chi connectivity index (χ0n) is 18.7. The first kappa shape index (κ1) is 22.6.